The summed E-state index contributed by atoms with van der Waals surface area (Å²) in [7, 11) is 0. The second-order valence-electron chi connectivity index (χ2n) is 13.5. The molecule has 1 saturated heterocycles. The fourth-order valence-corrected chi connectivity index (χ4v) is 7.03. The van der Waals surface area contributed by atoms with Crippen molar-refractivity contribution in [2.24, 2.45) is 0 Å². The summed E-state index contributed by atoms with van der Waals surface area (Å²) in [5, 5.41) is 0. The molecule has 0 spiro atoms. The largest absolute Gasteiger partial charge is 0.324 e. The Kier molecular flexibility index (Phi) is 27.0. The van der Waals surface area contributed by atoms with E-state index in [4.69, 9.17) is 0 Å². The van der Waals surface area contributed by atoms with E-state index in [9.17, 15) is 0 Å². The first-order valence-electron chi connectivity index (χ1n) is 18.7. The Morgan fingerprint density at radius 3 is 0.737 bits per heavy atom. The first-order valence-corrected chi connectivity index (χ1v) is 18.7. The summed E-state index contributed by atoms with van der Waals surface area (Å²) in [6.45, 7) is 10.6. The highest BCUT2D eigenvalue weighted by Crippen LogP contribution is 2.23. The molecule has 1 heterocycles. The van der Waals surface area contributed by atoms with Gasteiger partial charge in [0.25, 0.3) is 0 Å². The fourth-order valence-electron chi connectivity index (χ4n) is 7.03. The van der Waals surface area contributed by atoms with Gasteiger partial charge in [0, 0.05) is 12.8 Å². The molecule has 1 aliphatic heterocycles. The van der Waals surface area contributed by atoms with Crippen LogP contribution in [0, 0.1) is 0 Å². The Balaban J connectivity index is 1.86. The summed E-state index contributed by atoms with van der Waals surface area (Å²) in [6.07, 6.45) is 45.9. The van der Waals surface area contributed by atoms with Crippen LogP contribution >= 0.6 is 0 Å². The molecule has 1 aliphatic rings. The van der Waals surface area contributed by atoms with E-state index >= 15 is 0 Å². The van der Waals surface area contributed by atoms with Crippen molar-refractivity contribution < 1.29 is 4.48 Å². The summed E-state index contributed by atoms with van der Waals surface area (Å²) in [6, 6.07) is 0. The topological polar surface area (TPSA) is 0 Å². The van der Waals surface area contributed by atoms with Gasteiger partial charge in [0.15, 0.2) is 0 Å². The average molecular weight is 535 g/mol. The van der Waals surface area contributed by atoms with Gasteiger partial charge in [0.05, 0.1) is 26.2 Å². The van der Waals surface area contributed by atoms with Crippen LogP contribution in [0.2, 0.25) is 0 Å². The Morgan fingerprint density at radius 2 is 0.500 bits per heavy atom. The molecule has 0 aromatic heterocycles. The Hall–Kier alpha value is -0.0400. The van der Waals surface area contributed by atoms with Crippen molar-refractivity contribution in [1.82, 2.24) is 0 Å². The highest BCUT2D eigenvalue weighted by molar-refractivity contribution is 4.58. The van der Waals surface area contributed by atoms with Crippen LogP contribution in [0.25, 0.3) is 0 Å². The SMILES string of the molecule is CCCCCCCCCCCCCCCCCC[N+]1(CCCCCCCCCCCCCCC)CCCC1. The number of hydrogen-bond acceptors (Lipinski definition) is 0. The molecule has 1 heteroatoms. The lowest BCUT2D eigenvalue weighted by atomic mass is 10.0. The van der Waals surface area contributed by atoms with E-state index in [0.717, 1.165) is 0 Å². The summed E-state index contributed by atoms with van der Waals surface area (Å²) in [5.41, 5.74) is 0. The Morgan fingerprint density at radius 1 is 0.289 bits per heavy atom. The predicted molar refractivity (Wildman–Crippen MR) is 174 cm³/mol. The van der Waals surface area contributed by atoms with Gasteiger partial charge in [-0.1, -0.05) is 174 Å². The summed E-state index contributed by atoms with van der Waals surface area (Å²) < 4.78 is 1.50. The number of quaternary nitrogens is 1. The first-order chi connectivity index (χ1) is 18.8. The third-order valence-corrected chi connectivity index (χ3v) is 9.74. The lowest BCUT2D eigenvalue weighted by molar-refractivity contribution is -0.917. The van der Waals surface area contributed by atoms with Gasteiger partial charge in [-0.25, -0.2) is 0 Å². The van der Waals surface area contributed by atoms with E-state index in [0.29, 0.717) is 0 Å². The molecule has 0 radical (unpaired) electrons. The maximum absolute atomic E-state index is 2.31. The fraction of sp³-hybridized carbons (Fsp3) is 1.00. The van der Waals surface area contributed by atoms with E-state index in [1.165, 1.54) is 230 Å². The summed E-state index contributed by atoms with van der Waals surface area (Å²) in [4.78, 5) is 0. The zero-order chi connectivity index (χ0) is 27.2. The standard InChI is InChI=1S/C37H76N/c1-3-5-7-9-11-13-15-17-18-19-21-23-25-27-29-31-35-38(36-32-33-37-38)34-30-28-26-24-22-20-16-14-12-10-8-6-4-2/h3-37H2,1-2H3/q+1. The van der Waals surface area contributed by atoms with Crippen molar-refractivity contribution >= 4 is 0 Å². The van der Waals surface area contributed by atoms with Gasteiger partial charge in [-0.2, -0.15) is 0 Å². The molecule has 0 amide bonds. The maximum atomic E-state index is 2.31. The van der Waals surface area contributed by atoms with E-state index in [1.54, 1.807) is 0 Å². The number of hydrogen-bond donors (Lipinski definition) is 0. The Bertz CT molecular complexity index is 438. The molecule has 0 atom stereocenters. The average Bonchev–Trinajstić information content (AvgIpc) is 3.40. The van der Waals surface area contributed by atoms with Crippen molar-refractivity contribution in [2.45, 2.75) is 213 Å². The second kappa shape index (κ2) is 28.5. The molecule has 0 bridgehead atoms. The molecule has 0 aliphatic carbocycles. The Labute approximate surface area is 243 Å². The minimum atomic E-state index is 1.37. The molecule has 0 aromatic carbocycles. The molecular weight excluding hydrogens is 458 g/mol. The third kappa shape index (κ3) is 22.7. The van der Waals surface area contributed by atoms with E-state index in [-0.39, 0.29) is 0 Å². The van der Waals surface area contributed by atoms with Crippen LogP contribution in [-0.2, 0) is 0 Å². The number of rotatable bonds is 31. The van der Waals surface area contributed by atoms with Crippen LogP contribution in [0.4, 0.5) is 0 Å². The lowest BCUT2D eigenvalue weighted by Crippen LogP contribution is -2.46. The highest BCUT2D eigenvalue weighted by Gasteiger charge is 2.30. The van der Waals surface area contributed by atoms with Gasteiger partial charge in [-0.05, 0) is 25.7 Å². The summed E-state index contributed by atoms with van der Waals surface area (Å²) >= 11 is 0. The van der Waals surface area contributed by atoms with Crippen molar-refractivity contribution in [1.29, 1.82) is 0 Å². The van der Waals surface area contributed by atoms with Gasteiger partial charge >= 0.3 is 0 Å². The molecule has 38 heavy (non-hydrogen) atoms. The molecule has 1 fully saturated rings. The van der Waals surface area contributed by atoms with Crippen molar-refractivity contribution in [2.75, 3.05) is 26.2 Å². The maximum Gasteiger partial charge on any atom is 0.0788 e. The molecular formula is C37H76N+. The quantitative estimate of drug-likeness (QED) is 0.0612. The van der Waals surface area contributed by atoms with Gasteiger partial charge in [0.2, 0.25) is 0 Å². The molecule has 0 saturated carbocycles. The van der Waals surface area contributed by atoms with Crippen LogP contribution in [0.15, 0.2) is 0 Å². The minimum absolute atomic E-state index is 1.37. The molecule has 1 nitrogen and oxygen atoms in total. The van der Waals surface area contributed by atoms with Gasteiger partial charge in [-0.15, -0.1) is 0 Å². The zero-order valence-corrected chi connectivity index (χ0v) is 27.2. The van der Waals surface area contributed by atoms with E-state index < -0.39 is 0 Å². The number of nitrogens with zero attached hydrogens (tertiary/aromatic N) is 1. The molecule has 0 N–H and O–H groups in total. The zero-order valence-electron chi connectivity index (χ0n) is 27.2. The van der Waals surface area contributed by atoms with Crippen LogP contribution in [0.3, 0.4) is 0 Å². The predicted octanol–water partition coefficient (Wildman–Crippen LogP) is 12.9. The van der Waals surface area contributed by atoms with Crippen molar-refractivity contribution in [3.8, 4) is 0 Å². The lowest BCUT2D eigenvalue weighted by Gasteiger charge is -2.34. The first kappa shape index (κ1) is 36.0. The van der Waals surface area contributed by atoms with Crippen LogP contribution in [-0.4, -0.2) is 30.7 Å². The number of likely N-dealkylation sites (tertiary alicyclic amines) is 1. The second-order valence-corrected chi connectivity index (χ2v) is 13.5. The van der Waals surface area contributed by atoms with Crippen LogP contribution < -0.4 is 0 Å². The van der Waals surface area contributed by atoms with Crippen LogP contribution in [0.1, 0.15) is 213 Å². The molecule has 1 rings (SSSR count). The molecule has 0 aromatic rings. The highest BCUT2D eigenvalue weighted by atomic mass is 15.4. The molecule has 0 unspecified atom stereocenters. The van der Waals surface area contributed by atoms with Crippen molar-refractivity contribution in [3.05, 3.63) is 0 Å². The molecule has 228 valence electrons. The van der Waals surface area contributed by atoms with Gasteiger partial charge in [0.1, 0.15) is 0 Å². The third-order valence-electron chi connectivity index (χ3n) is 9.74. The van der Waals surface area contributed by atoms with E-state index in [1.807, 2.05) is 0 Å². The minimum Gasteiger partial charge on any atom is -0.324 e. The number of unbranched alkanes of at least 4 members (excludes halogenated alkanes) is 27. The van der Waals surface area contributed by atoms with Gasteiger partial charge < -0.3 is 4.48 Å². The monoisotopic (exact) mass is 535 g/mol. The van der Waals surface area contributed by atoms with Crippen molar-refractivity contribution in [3.63, 3.8) is 0 Å². The normalized spacial score (nSPS) is 15.0. The van der Waals surface area contributed by atoms with Crippen LogP contribution in [0.5, 0.6) is 0 Å². The van der Waals surface area contributed by atoms with E-state index in [2.05, 4.69) is 13.8 Å². The smallest absolute Gasteiger partial charge is 0.0788 e. The van der Waals surface area contributed by atoms with Gasteiger partial charge in [-0.3, -0.25) is 0 Å². The summed E-state index contributed by atoms with van der Waals surface area (Å²) in [5.74, 6) is 0.